The maximum atomic E-state index is 13.0. The number of carbonyl (C=O) groups is 2. The molecule has 6 nitrogen and oxygen atoms in total. The Balaban J connectivity index is 1.95. The quantitative estimate of drug-likeness (QED) is 0.542. The fourth-order valence-electron chi connectivity index (χ4n) is 2.89. The lowest BCUT2D eigenvalue weighted by Crippen LogP contribution is -2.37. The summed E-state index contributed by atoms with van der Waals surface area (Å²) < 4.78 is 5.57. The average molecular weight is 413 g/mol. The van der Waals surface area contributed by atoms with Crippen LogP contribution >= 0.6 is 0 Å². The summed E-state index contributed by atoms with van der Waals surface area (Å²) >= 11 is 0. The van der Waals surface area contributed by atoms with Crippen LogP contribution in [0.4, 0.5) is 10.6 Å². The minimum Gasteiger partial charge on any atom is -0.443 e. The first kappa shape index (κ1) is 21.7. The Hall–Kier alpha value is -3.98. The van der Waals surface area contributed by atoms with E-state index in [9.17, 15) is 9.59 Å². The maximum Gasteiger partial charge on any atom is 0.416 e. The van der Waals surface area contributed by atoms with E-state index in [1.807, 2.05) is 6.07 Å². The molecule has 0 saturated carbocycles. The van der Waals surface area contributed by atoms with Gasteiger partial charge >= 0.3 is 6.09 Å². The van der Waals surface area contributed by atoms with Crippen LogP contribution in [0.5, 0.6) is 0 Å². The molecule has 0 fully saturated rings. The Morgan fingerprint density at radius 3 is 2.29 bits per heavy atom. The molecule has 3 aromatic rings. The third kappa shape index (κ3) is 5.77. The van der Waals surface area contributed by atoms with Gasteiger partial charge in [-0.1, -0.05) is 42.5 Å². The highest BCUT2D eigenvalue weighted by Gasteiger charge is 2.25. The van der Waals surface area contributed by atoms with E-state index in [-0.39, 0.29) is 12.3 Å². The highest BCUT2D eigenvalue weighted by molar-refractivity contribution is 6.09. The van der Waals surface area contributed by atoms with Crippen LogP contribution in [0.15, 0.2) is 72.9 Å². The maximum absolute atomic E-state index is 13.0. The number of aromatic nitrogens is 1. The van der Waals surface area contributed by atoms with Crippen molar-refractivity contribution in [2.24, 2.45) is 0 Å². The number of amides is 1. The number of nitriles is 1. The van der Waals surface area contributed by atoms with E-state index >= 15 is 0 Å². The molecule has 31 heavy (non-hydrogen) atoms. The molecule has 156 valence electrons. The molecule has 1 heterocycles. The standard InChI is InChI=1S/C25H23N3O3/c1-25(2,3)31-24(30)28(17-19-11-9-18(16-26)10-12-19)22-15-21(13-14-27-22)23(29)20-7-5-4-6-8-20/h4-15H,17H2,1-3H3. The summed E-state index contributed by atoms with van der Waals surface area (Å²) in [7, 11) is 0. The number of benzene rings is 2. The van der Waals surface area contributed by atoms with Gasteiger partial charge in [0.25, 0.3) is 0 Å². The Morgan fingerprint density at radius 2 is 1.68 bits per heavy atom. The van der Waals surface area contributed by atoms with Crippen LogP contribution in [0.3, 0.4) is 0 Å². The molecule has 0 bridgehead atoms. The van der Waals surface area contributed by atoms with Gasteiger partial charge in [-0.25, -0.2) is 9.78 Å². The number of hydrogen-bond acceptors (Lipinski definition) is 5. The van der Waals surface area contributed by atoms with Gasteiger partial charge in [0.15, 0.2) is 5.78 Å². The van der Waals surface area contributed by atoms with E-state index in [1.165, 1.54) is 11.1 Å². The minimum atomic E-state index is -0.697. The van der Waals surface area contributed by atoms with Crippen molar-refractivity contribution in [3.63, 3.8) is 0 Å². The normalized spacial score (nSPS) is 10.8. The lowest BCUT2D eigenvalue weighted by atomic mass is 10.0. The highest BCUT2D eigenvalue weighted by atomic mass is 16.6. The van der Waals surface area contributed by atoms with Crippen LogP contribution in [0.25, 0.3) is 0 Å². The summed E-state index contributed by atoms with van der Waals surface area (Å²) in [6.45, 7) is 5.53. The Bertz CT molecular complexity index is 1110. The van der Waals surface area contributed by atoms with E-state index < -0.39 is 11.7 Å². The van der Waals surface area contributed by atoms with Gasteiger partial charge in [0.2, 0.25) is 0 Å². The van der Waals surface area contributed by atoms with Crippen molar-refractivity contribution in [2.45, 2.75) is 32.9 Å². The van der Waals surface area contributed by atoms with Gasteiger partial charge in [0.1, 0.15) is 11.4 Å². The molecule has 6 heteroatoms. The van der Waals surface area contributed by atoms with Crippen molar-refractivity contribution in [1.82, 2.24) is 4.98 Å². The molecule has 0 N–H and O–H groups in total. The molecule has 0 unspecified atom stereocenters. The number of carbonyl (C=O) groups excluding carboxylic acids is 2. The molecule has 0 radical (unpaired) electrons. The minimum absolute atomic E-state index is 0.160. The van der Waals surface area contributed by atoms with Crippen LogP contribution in [-0.4, -0.2) is 22.5 Å². The SMILES string of the molecule is CC(C)(C)OC(=O)N(Cc1ccc(C#N)cc1)c1cc(C(=O)c2ccccc2)ccn1. The molecular weight excluding hydrogens is 390 g/mol. The van der Waals surface area contributed by atoms with Gasteiger partial charge in [0.05, 0.1) is 18.2 Å². The van der Waals surface area contributed by atoms with Crippen LogP contribution in [-0.2, 0) is 11.3 Å². The molecule has 0 atom stereocenters. The lowest BCUT2D eigenvalue weighted by Gasteiger charge is -2.27. The van der Waals surface area contributed by atoms with Crippen molar-refractivity contribution in [3.05, 3.63) is 95.2 Å². The smallest absolute Gasteiger partial charge is 0.416 e. The lowest BCUT2D eigenvalue weighted by molar-refractivity contribution is 0.0576. The zero-order valence-corrected chi connectivity index (χ0v) is 17.7. The Kier molecular flexibility index (Phi) is 6.46. The zero-order chi connectivity index (χ0) is 22.4. The van der Waals surface area contributed by atoms with Crippen LogP contribution in [0.1, 0.15) is 47.8 Å². The predicted octanol–water partition coefficient (Wildman–Crippen LogP) is 5.13. The van der Waals surface area contributed by atoms with E-state index in [2.05, 4.69) is 11.1 Å². The molecule has 0 aliphatic heterocycles. The first-order chi connectivity index (χ1) is 14.8. The van der Waals surface area contributed by atoms with Crippen molar-refractivity contribution < 1.29 is 14.3 Å². The summed E-state index contributed by atoms with van der Waals surface area (Å²) in [5, 5.41) is 9.00. The Morgan fingerprint density at radius 1 is 1.00 bits per heavy atom. The summed E-state index contributed by atoms with van der Waals surface area (Å²) in [6.07, 6.45) is 0.926. The van der Waals surface area contributed by atoms with Gasteiger partial charge in [0, 0.05) is 17.3 Å². The number of nitrogens with zero attached hydrogens (tertiary/aromatic N) is 3. The molecule has 0 aliphatic carbocycles. The van der Waals surface area contributed by atoms with E-state index in [4.69, 9.17) is 10.00 Å². The van der Waals surface area contributed by atoms with Crippen molar-refractivity contribution in [3.8, 4) is 6.07 Å². The van der Waals surface area contributed by atoms with Crippen LogP contribution in [0.2, 0.25) is 0 Å². The second-order valence-corrected chi connectivity index (χ2v) is 7.97. The Labute approximate surface area is 181 Å². The van der Waals surface area contributed by atoms with Crippen molar-refractivity contribution >= 4 is 17.7 Å². The molecule has 0 aliphatic rings. The van der Waals surface area contributed by atoms with Crippen molar-refractivity contribution in [1.29, 1.82) is 5.26 Å². The van der Waals surface area contributed by atoms with Crippen LogP contribution < -0.4 is 4.90 Å². The van der Waals surface area contributed by atoms with E-state index in [0.29, 0.717) is 22.5 Å². The predicted molar refractivity (Wildman–Crippen MR) is 118 cm³/mol. The molecule has 0 spiro atoms. The van der Waals surface area contributed by atoms with E-state index in [1.54, 1.807) is 81.4 Å². The molecule has 3 rings (SSSR count). The van der Waals surface area contributed by atoms with Crippen molar-refractivity contribution in [2.75, 3.05) is 4.90 Å². The number of pyridine rings is 1. The first-order valence-corrected chi connectivity index (χ1v) is 9.82. The zero-order valence-electron chi connectivity index (χ0n) is 17.7. The molecule has 0 saturated heterocycles. The second-order valence-electron chi connectivity index (χ2n) is 7.97. The third-order valence-corrected chi connectivity index (χ3v) is 4.36. The van der Waals surface area contributed by atoms with Gasteiger partial charge < -0.3 is 4.74 Å². The fraction of sp³-hybridized carbons (Fsp3) is 0.200. The second kappa shape index (κ2) is 9.23. The van der Waals surface area contributed by atoms with Gasteiger partial charge in [-0.3, -0.25) is 9.69 Å². The topological polar surface area (TPSA) is 83.3 Å². The molecule has 2 aromatic carbocycles. The largest absolute Gasteiger partial charge is 0.443 e. The van der Waals surface area contributed by atoms with Gasteiger partial charge in [-0.2, -0.15) is 5.26 Å². The summed E-state index contributed by atoms with van der Waals surface area (Å²) in [5.41, 5.74) is 1.60. The summed E-state index contributed by atoms with van der Waals surface area (Å²) in [6, 6.07) is 21.1. The molecular formula is C25H23N3O3. The number of anilines is 1. The third-order valence-electron chi connectivity index (χ3n) is 4.36. The number of ketones is 1. The average Bonchev–Trinajstić information content (AvgIpc) is 2.77. The highest BCUT2D eigenvalue weighted by Crippen LogP contribution is 2.21. The van der Waals surface area contributed by atoms with Gasteiger partial charge in [-0.05, 0) is 50.6 Å². The van der Waals surface area contributed by atoms with E-state index in [0.717, 1.165) is 5.56 Å². The summed E-state index contributed by atoms with van der Waals surface area (Å²) in [5.74, 6) is 0.146. The van der Waals surface area contributed by atoms with Gasteiger partial charge in [-0.15, -0.1) is 0 Å². The fourth-order valence-corrected chi connectivity index (χ4v) is 2.89. The number of hydrogen-bond donors (Lipinski definition) is 0. The molecule has 1 amide bonds. The van der Waals surface area contributed by atoms with Crippen LogP contribution in [0, 0.1) is 11.3 Å². The monoisotopic (exact) mass is 413 g/mol. The summed E-state index contributed by atoms with van der Waals surface area (Å²) in [4.78, 5) is 31.5. The number of ether oxygens (including phenoxy) is 1. The molecule has 1 aromatic heterocycles. The first-order valence-electron chi connectivity index (χ1n) is 9.82. The number of rotatable bonds is 5.